The van der Waals surface area contributed by atoms with E-state index in [-0.39, 0.29) is 13.0 Å². The van der Waals surface area contributed by atoms with E-state index in [1.165, 1.54) is 7.11 Å². The fraction of sp³-hybridized carbons (Fsp3) is 0.370. The Kier molecular flexibility index (Phi) is 9.65. The molecule has 1 aliphatic carbocycles. The predicted molar refractivity (Wildman–Crippen MR) is 139 cm³/mol. The fourth-order valence-electron chi connectivity index (χ4n) is 4.94. The number of hydrogen-bond acceptors (Lipinski definition) is 7. The molecule has 1 aliphatic heterocycles. The lowest BCUT2D eigenvalue weighted by molar-refractivity contribution is -0.488. The van der Waals surface area contributed by atoms with Crippen molar-refractivity contribution in [1.29, 1.82) is 0 Å². The second kappa shape index (κ2) is 12.4. The van der Waals surface area contributed by atoms with Gasteiger partial charge in [0, 0.05) is 29.6 Å². The number of carbonyl (C=O) groups excluding carboxylic acids is 2. The van der Waals surface area contributed by atoms with Crippen LogP contribution in [0.15, 0.2) is 54.1 Å². The van der Waals surface area contributed by atoms with Gasteiger partial charge in [-0.05, 0) is 42.3 Å². The third-order valence-electron chi connectivity index (χ3n) is 6.67. The van der Waals surface area contributed by atoms with Crippen molar-refractivity contribution < 1.29 is 63.0 Å². The van der Waals surface area contributed by atoms with Crippen LogP contribution in [0.25, 0.3) is 5.57 Å². The average Bonchev–Trinajstić information content (AvgIpc) is 3.44. The number of nitrogens with one attached hydrogen (secondary N) is 1. The molecule has 0 saturated carbocycles. The third-order valence-corrected chi connectivity index (χ3v) is 7.24. The van der Waals surface area contributed by atoms with Gasteiger partial charge in [0.2, 0.25) is 5.71 Å². The summed E-state index contributed by atoms with van der Waals surface area (Å²) >= 11 is 0. The number of benzene rings is 2. The summed E-state index contributed by atoms with van der Waals surface area (Å²) < 4.78 is 112. The smallest absolute Gasteiger partial charge is 0.485 e. The van der Waals surface area contributed by atoms with E-state index in [9.17, 15) is 35.9 Å². The largest absolute Gasteiger partial charge is 0.741 e. The standard InChI is InChI=1S/C26H25F3N2O4.CHF3O3S/c1-4-35-24(33)25(30-23(32)26(27,28)29)15-17-14-18(34-3)10-11-19(17)21(25)20-12-13-31(2)22(20)16-8-6-5-7-9-16;2-1(3,4)8(5,6)7/h5-11,14H,4,12-13,15H2,1-3H3;(H,5,6,7)/b21-20+;. The van der Waals surface area contributed by atoms with Gasteiger partial charge in [-0.15, -0.1) is 0 Å². The van der Waals surface area contributed by atoms with E-state index in [4.69, 9.17) is 22.4 Å². The Hall–Kier alpha value is -3.92. The highest BCUT2D eigenvalue weighted by Gasteiger charge is 2.56. The number of ether oxygens (including phenoxy) is 2. The molecule has 0 bridgehead atoms. The normalized spacial score (nSPS) is 20.2. The summed E-state index contributed by atoms with van der Waals surface area (Å²) in [6.07, 6.45) is -4.89. The quantitative estimate of drug-likeness (QED) is 0.175. The predicted octanol–water partition coefficient (Wildman–Crippen LogP) is 3.57. The number of esters is 1. The van der Waals surface area contributed by atoms with Crippen molar-refractivity contribution in [2.24, 2.45) is 0 Å². The molecule has 2 aromatic carbocycles. The van der Waals surface area contributed by atoms with E-state index in [0.717, 1.165) is 11.3 Å². The van der Waals surface area contributed by atoms with Crippen LogP contribution in [0.5, 0.6) is 5.75 Å². The van der Waals surface area contributed by atoms with Crippen LogP contribution in [-0.4, -0.2) is 79.7 Å². The number of nitrogens with zero attached hydrogens (tertiary/aromatic N) is 1. The Balaban J connectivity index is 0.000000557. The molecule has 4 rings (SSSR count). The first kappa shape index (κ1) is 33.6. The number of hydrogen-bond donors (Lipinski definition) is 1. The second-order valence-corrected chi connectivity index (χ2v) is 10.8. The summed E-state index contributed by atoms with van der Waals surface area (Å²) in [6, 6.07) is 14.5. The van der Waals surface area contributed by atoms with Gasteiger partial charge in [-0.1, -0.05) is 24.3 Å². The number of carbonyl (C=O) groups is 2. The number of rotatable bonds is 5. The van der Waals surface area contributed by atoms with Gasteiger partial charge in [0.25, 0.3) is 0 Å². The Morgan fingerprint density at radius 2 is 1.67 bits per heavy atom. The van der Waals surface area contributed by atoms with Gasteiger partial charge in [-0.2, -0.15) is 26.3 Å². The molecule has 1 N–H and O–H groups in total. The number of fused-ring (bicyclic) bond motifs is 1. The SMILES string of the molecule is CCOC(=O)C1(NC(=O)C(F)(F)F)Cc2cc(OC)ccc2/C1=C1/CC[N+](C)=C1c1ccccc1.O=S(=O)([O-])C(F)(F)F. The van der Waals surface area contributed by atoms with Crippen molar-refractivity contribution in [3.8, 4) is 5.75 Å². The maximum absolute atomic E-state index is 13.5. The molecule has 2 aliphatic rings. The first-order valence-corrected chi connectivity index (χ1v) is 13.9. The lowest BCUT2D eigenvalue weighted by Crippen LogP contribution is -2.59. The Bertz CT molecular complexity index is 1570. The minimum absolute atomic E-state index is 0.0556. The maximum Gasteiger partial charge on any atom is 0.485 e. The van der Waals surface area contributed by atoms with Crippen molar-refractivity contribution in [1.82, 2.24) is 5.32 Å². The highest BCUT2D eigenvalue weighted by atomic mass is 32.2. The first-order chi connectivity index (χ1) is 19.9. The van der Waals surface area contributed by atoms with Crippen molar-refractivity contribution in [2.75, 3.05) is 27.3 Å². The summed E-state index contributed by atoms with van der Waals surface area (Å²) in [7, 11) is -2.72. The Labute approximate surface area is 242 Å². The van der Waals surface area contributed by atoms with E-state index in [1.807, 2.05) is 47.3 Å². The molecule has 1 heterocycles. The molecule has 9 nitrogen and oxygen atoms in total. The van der Waals surface area contributed by atoms with Gasteiger partial charge in [-0.25, -0.2) is 17.8 Å². The molecule has 2 aromatic rings. The maximum atomic E-state index is 13.5. The van der Waals surface area contributed by atoms with Crippen LogP contribution in [0.4, 0.5) is 26.3 Å². The zero-order chi connectivity index (χ0) is 32.4. The van der Waals surface area contributed by atoms with Gasteiger partial charge in [0.1, 0.15) is 19.3 Å². The molecular weight excluding hydrogens is 610 g/mol. The van der Waals surface area contributed by atoms with Crippen LogP contribution < -0.4 is 10.1 Å². The minimum atomic E-state index is -6.09. The molecule has 0 spiro atoms. The summed E-state index contributed by atoms with van der Waals surface area (Å²) in [6.45, 7) is 2.11. The van der Waals surface area contributed by atoms with Crippen molar-refractivity contribution in [2.45, 2.75) is 37.0 Å². The molecule has 0 radical (unpaired) electrons. The molecule has 1 atom stereocenters. The third kappa shape index (κ3) is 7.01. The van der Waals surface area contributed by atoms with Crippen LogP contribution in [-0.2, 0) is 30.9 Å². The molecular formula is C27H26F6N2O7S. The highest BCUT2D eigenvalue weighted by molar-refractivity contribution is 7.86. The van der Waals surface area contributed by atoms with E-state index in [1.54, 1.807) is 25.1 Å². The number of alkyl halides is 6. The summed E-state index contributed by atoms with van der Waals surface area (Å²) in [5.41, 5.74) is -3.85. The molecule has 0 fully saturated rings. The average molecular weight is 637 g/mol. The van der Waals surface area contributed by atoms with Crippen molar-refractivity contribution in [3.63, 3.8) is 0 Å². The van der Waals surface area contributed by atoms with Gasteiger partial charge >= 0.3 is 23.6 Å². The molecule has 0 aromatic heterocycles. The van der Waals surface area contributed by atoms with Crippen molar-refractivity contribution in [3.05, 3.63) is 70.8 Å². The summed E-state index contributed by atoms with van der Waals surface area (Å²) in [4.78, 5) is 25.7. The molecule has 1 unspecified atom stereocenters. The van der Waals surface area contributed by atoms with E-state index >= 15 is 0 Å². The van der Waals surface area contributed by atoms with Crippen molar-refractivity contribution >= 4 is 33.3 Å². The van der Waals surface area contributed by atoms with Gasteiger partial charge in [0.15, 0.2) is 15.7 Å². The lowest BCUT2D eigenvalue weighted by Gasteiger charge is -2.31. The Morgan fingerprint density at radius 3 is 2.19 bits per heavy atom. The van der Waals surface area contributed by atoms with E-state index < -0.39 is 39.2 Å². The molecule has 1 amide bonds. The van der Waals surface area contributed by atoms with Crippen LogP contribution in [0, 0.1) is 0 Å². The van der Waals surface area contributed by atoms with Gasteiger partial charge < -0.3 is 19.3 Å². The monoisotopic (exact) mass is 636 g/mol. The lowest BCUT2D eigenvalue weighted by atomic mass is 9.83. The number of methoxy groups -OCH3 is 1. The summed E-state index contributed by atoms with van der Waals surface area (Å²) in [5, 5.41) is 2.05. The fourth-order valence-corrected chi connectivity index (χ4v) is 4.94. The van der Waals surface area contributed by atoms with Gasteiger partial charge in [-0.3, -0.25) is 4.79 Å². The second-order valence-electron chi connectivity index (χ2n) is 9.42. The highest BCUT2D eigenvalue weighted by Crippen LogP contribution is 2.47. The van der Waals surface area contributed by atoms with Crippen LogP contribution >= 0.6 is 0 Å². The van der Waals surface area contributed by atoms with Crippen LogP contribution in [0.3, 0.4) is 0 Å². The zero-order valence-electron chi connectivity index (χ0n) is 22.9. The summed E-state index contributed by atoms with van der Waals surface area (Å²) in [5.74, 6) is -2.64. The van der Waals surface area contributed by atoms with Crippen LogP contribution in [0.1, 0.15) is 30.0 Å². The topological polar surface area (TPSA) is 125 Å². The first-order valence-electron chi connectivity index (χ1n) is 12.5. The van der Waals surface area contributed by atoms with E-state index in [0.29, 0.717) is 41.0 Å². The molecule has 234 valence electrons. The minimum Gasteiger partial charge on any atom is -0.741 e. The zero-order valence-corrected chi connectivity index (χ0v) is 23.7. The molecule has 43 heavy (non-hydrogen) atoms. The molecule has 16 heteroatoms. The van der Waals surface area contributed by atoms with E-state index in [2.05, 4.69) is 0 Å². The molecule has 0 saturated heterocycles. The van der Waals surface area contributed by atoms with Gasteiger partial charge in [0.05, 0.1) is 13.7 Å². The number of halogens is 6. The Morgan fingerprint density at radius 1 is 1.07 bits per heavy atom. The number of amides is 1. The van der Waals surface area contributed by atoms with Crippen LogP contribution in [0.2, 0.25) is 0 Å².